The summed E-state index contributed by atoms with van der Waals surface area (Å²) in [5, 5.41) is 2.99. The highest BCUT2D eigenvalue weighted by Gasteiger charge is 2.27. The van der Waals surface area contributed by atoms with Crippen LogP contribution in [0.1, 0.15) is 31.2 Å². The summed E-state index contributed by atoms with van der Waals surface area (Å²) < 4.78 is 0. The molecule has 1 saturated carbocycles. The zero-order valence-electron chi connectivity index (χ0n) is 12.5. The van der Waals surface area contributed by atoms with E-state index in [2.05, 4.69) is 15.2 Å². The van der Waals surface area contributed by atoms with Crippen molar-refractivity contribution in [3.05, 3.63) is 30.1 Å². The lowest BCUT2D eigenvalue weighted by Gasteiger charge is -2.38. The van der Waals surface area contributed by atoms with E-state index in [0.29, 0.717) is 6.54 Å². The van der Waals surface area contributed by atoms with E-state index in [1.165, 1.54) is 25.7 Å². The molecule has 0 spiro atoms. The van der Waals surface area contributed by atoms with Crippen molar-refractivity contribution in [3.8, 4) is 0 Å². The third-order valence-corrected chi connectivity index (χ3v) is 4.64. The first-order valence-electron chi connectivity index (χ1n) is 7.98. The predicted octanol–water partition coefficient (Wildman–Crippen LogP) is 1.85. The van der Waals surface area contributed by atoms with Crippen molar-refractivity contribution >= 4 is 6.03 Å². The van der Waals surface area contributed by atoms with Crippen LogP contribution in [0.4, 0.5) is 4.79 Å². The summed E-state index contributed by atoms with van der Waals surface area (Å²) in [6.45, 7) is 4.31. The van der Waals surface area contributed by atoms with E-state index in [1.807, 2.05) is 17.0 Å². The fraction of sp³-hybridized carbons (Fsp3) is 0.625. The number of hydrogen-bond donors (Lipinski definition) is 1. The zero-order chi connectivity index (χ0) is 14.5. The van der Waals surface area contributed by atoms with Crippen LogP contribution in [-0.4, -0.2) is 53.0 Å². The van der Waals surface area contributed by atoms with E-state index in [1.54, 1.807) is 12.4 Å². The van der Waals surface area contributed by atoms with Crippen molar-refractivity contribution in [1.29, 1.82) is 0 Å². The first-order valence-corrected chi connectivity index (χ1v) is 7.98. The highest BCUT2D eigenvalue weighted by Crippen LogP contribution is 2.24. The van der Waals surface area contributed by atoms with Gasteiger partial charge in [0.15, 0.2) is 0 Å². The lowest BCUT2D eigenvalue weighted by molar-refractivity contribution is 0.109. The third-order valence-electron chi connectivity index (χ3n) is 4.64. The number of carbonyl (C=O) groups excluding carboxylic acids is 1. The largest absolute Gasteiger partial charge is 0.334 e. The highest BCUT2D eigenvalue weighted by molar-refractivity contribution is 5.74. The molecule has 2 heterocycles. The zero-order valence-corrected chi connectivity index (χ0v) is 12.5. The molecule has 1 aromatic heterocycles. The van der Waals surface area contributed by atoms with Crippen molar-refractivity contribution < 1.29 is 4.79 Å². The second kappa shape index (κ2) is 6.89. The molecule has 5 heteroatoms. The maximum atomic E-state index is 12.2. The summed E-state index contributed by atoms with van der Waals surface area (Å²) in [6, 6.07) is 4.68. The molecule has 114 valence electrons. The lowest BCUT2D eigenvalue weighted by Crippen LogP contribution is -2.53. The third kappa shape index (κ3) is 3.73. The van der Waals surface area contributed by atoms with E-state index >= 15 is 0 Å². The average molecular weight is 288 g/mol. The summed E-state index contributed by atoms with van der Waals surface area (Å²) in [5.74, 6) is 0. The number of urea groups is 1. The molecule has 1 saturated heterocycles. The van der Waals surface area contributed by atoms with Gasteiger partial charge in [-0.25, -0.2) is 4.79 Å². The first-order chi connectivity index (χ1) is 10.3. The number of amides is 2. The van der Waals surface area contributed by atoms with Gasteiger partial charge in [-0.15, -0.1) is 0 Å². The van der Waals surface area contributed by atoms with Crippen LogP contribution in [-0.2, 0) is 6.54 Å². The van der Waals surface area contributed by atoms with Gasteiger partial charge in [-0.2, -0.15) is 0 Å². The highest BCUT2D eigenvalue weighted by atomic mass is 16.2. The van der Waals surface area contributed by atoms with Crippen LogP contribution in [0.15, 0.2) is 24.5 Å². The first kappa shape index (κ1) is 14.3. The molecule has 2 aliphatic rings. The molecule has 0 unspecified atom stereocenters. The average Bonchev–Trinajstić information content (AvgIpc) is 3.08. The monoisotopic (exact) mass is 288 g/mol. The predicted molar refractivity (Wildman–Crippen MR) is 81.9 cm³/mol. The van der Waals surface area contributed by atoms with Gasteiger partial charge >= 0.3 is 6.03 Å². The minimum atomic E-state index is 0.0536. The van der Waals surface area contributed by atoms with Gasteiger partial charge in [-0.05, 0) is 30.5 Å². The van der Waals surface area contributed by atoms with Gasteiger partial charge in [0.2, 0.25) is 0 Å². The molecule has 0 aromatic carbocycles. The Morgan fingerprint density at radius 1 is 1.14 bits per heavy atom. The number of hydrogen-bond acceptors (Lipinski definition) is 3. The molecule has 1 aliphatic heterocycles. The number of nitrogens with zero attached hydrogens (tertiary/aromatic N) is 3. The Labute approximate surface area is 126 Å². The number of carbonyl (C=O) groups is 1. The van der Waals surface area contributed by atoms with Gasteiger partial charge in [-0.3, -0.25) is 9.88 Å². The Kier molecular flexibility index (Phi) is 4.70. The Bertz CT molecular complexity index is 451. The van der Waals surface area contributed by atoms with Gasteiger partial charge < -0.3 is 10.2 Å². The molecular weight excluding hydrogens is 264 g/mol. The Balaban J connectivity index is 1.42. The standard InChI is InChI=1S/C16H24N4O/c21-16(18-13-14-5-7-17-8-6-14)20-11-9-19(10-12-20)15-3-1-2-4-15/h5-8,15H,1-4,9-13H2,(H,18,21). The fourth-order valence-electron chi connectivity index (χ4n) is 3.35. The summed E-state index contributed by atoms with van der Waals surface area (Å²) >= 11 is 0. The molecule has 21 heavy (non-hydrogen) atoms. The Morgan fingerprint density at radius 2 is 1.81 bits per heavy atom. The van der Waals surface area contributed by atoms with Gasteiger partial charge in [0.1, 0.15) is 0 Å². The Morgan fingerprint density at radius 3 is 2.48 bits per heavy atom. The Hall–Kier alpha value is -1.62. The summed E-state index contributed by atoms with van der Waals surface area (Å²) in [6.07, 6.45) is 8.93. The molecule has 5 nitrogen and oxygen atoms in total. The number of pyridine rings is 1. The normalized spacial score (nSPS) is 20.7. The van der Waals surface area contributed by atoms with Crippen LogP contribution >= 0.6 is 0 Å². The summed E-state index contributed by atoms with van der Waals surface area (Å²) in [7, 11) is 0. The van der Waals surface area contributed by atoms with E-state index in [9.17, 15) is 4.79 Å². The number of aromatic nitrogens is 1. The van der Waals surface area contributed by atoms with Crippen molar-refractivity contribution in [3.63, 3.8) is 0 Å². The van der Waals surface area contributed by atoms with E-state index in [4.69, 9.17) is 0 Å². The lowest BCUT2D eigenvalue weighted by atomic mass is 10.2. The SMILES string of the molecule is O=C(NCc1ccncc1)N1CCN(C2CCCC2)CC1. The van der Waals surface area contributed by atoms with E-state index in [-0.39, 0.29) is 6.03 Å². The number of rotatable bonds is 3. The van der Waals surface area contributed by atoms with Crippen LogP contribution in [0.5, 0.6) is 0 Å². The van der Waals surface area contributed by atoms with E-state index < -0.39 is 0 Å². The molecule has 1 aliphatic carbocycles. The van der Waals surface area contributed by atoms with Crippen LogP contribution in [0, 0.1) is 0 Å². The molecule has 2 fully saturated rings. The minimum Gasteiger partial charge on any atom is -0.334 e. The molecular formula is C16H24N4O. The molecule has 0 atom stereocenters. The minimum absolute atomic E-state index is 0.0536. The molecule has 1 aromatic rings. The second-order valence-electron chi connectivity index (χ2n) is 5.98. The van der Waals surface area contributed by atoms with Gasteiger partial charge in [0.25, 0.3) is 0 Å². The molecule has 0 bridgehead atoms. The number of nitrogens with one attached hydrogen (secondary N) is 1. The van der Waals surface area contributed by atoms with Crippen LogP contribution in [0.3, 0.4) is 0 Å². The fourth-order valence-corrected chi connectivity index (χ4v) is 3.35. The second-order valence-corrected chi connectivity index (χ2v) is 5.98. The maximum Gasteiger partial charge on any atom is 0.317 e. The van der Waals surface area contributed by atoms with Crippen molar-refractivity contribution in [2.75, 3.05) is 26.2 Å². The van der Waals surface area contributed by atoms with Crippen molar-refractivity contribution in [2.45, 2.75) is 38.3 Å². The maximum absolute atomic E-state index is 12.2. The topological polar surface area (TPSA) is 48.5 Å². The van der Waals surface area contributed by atoms with Gasteiger partial charge in [0.05, 0.1) is 0 Å². The van der Waals surface area contributed by atoms with Gasteiger partial charge in [0, 0.05) is 51.2 Å². The molecule has 0 radical (unpaired) electrons. The molecule has 2 amide bonds. The van der Waals surface area contributed by atoms with Crippen LogP contribution < -0.4 is 5.32 Å². The van der Waals surface area contributed by atoms with Crippen molar-refractivity contribution in [2.24, 2.45) is 0 Å². The van der Waals surface area contributed by atoms with E-state index in [0.717, 1.165) is 37.8 Å². The quantitative estimate of drug-likeness (QED) is 0.923. The summed E-state index contributed by atoms with van der Waals surface area (Å²) in [4.78, 5) is 20.7. The smallest absolute Gasteiger partial charge is 0.317 e. The van der Waals surface area contributed by atoms with Crippen molar-refractivity contribution in [1.82, 2.24) is 20.1 Å². The summed E-state index contributed by atoms with van der Waals surface area (Å²) in [5.41, 5.74) is 1.09. The molecule has 1 N–H and O–H groups in total. The van der Waals surface area contributed by atoms with Gasteiger partial charge in [-0.1, -0.05) is 12.8 Å². The molecule has 3 rings (SSSR count). The number of piperazine rings is 1. The van der Waals surface area contributed by atoms with Crippen LogP contribution in [0.2, 0.25) is 0 Å². The van der Waals surface area contributed by atoms with Crippen LogP contribution in [0.25, 0.3) is 0 Å².